The number of rotatable bonds is 4. The van der Waals surface area contributed by atoms with Crippen molar-refractivity contribution in [2.75, 3.05) is 13.1 Å². The van der Waals surface area contributed by atoms with E-state index in [0.29, 0.717) is 13.1 Å². The largest absolute Gasteiger partial charge is 0.345 e. The average molecular weight is 398 g/mol. The molecule has 2 aliphatic rings. The normalized spacial score (nSPS) is 20.2. The molecule has 1 saturated heterocycles. The quantitative estimate of drug-likeness (QED) is 0.862. The molecule has 0 spiro atoms. The molecule has 1 aliphatic heterocycles. The maximum absolute atomic E-state index is 12.7. The van der Waals surface area contributed by atoms with Crippen LogP contribution in [0.2, 0.25) is 0 Å². The monoisotopic (exact) mass is 397 g/mol. The van der Waals surface area contributed by atoms with E-state index in [1.165, 1.54) is 23.1 Å². The molecule has 0 radical (unpaired) electrons. The molecule has 1 unspecified atom stereocenters. The van der Waals surface area contributed by atoms with Gasteiger partial charge >= 0.3 is 11.7 Å². The third-order valence-corrected chi connectivity index (χ3v) is 6.31. The van der Waals surface area contributed by atoms with Crippen molar-refractivity contribution in [3.63, 3.8) is 0 Å². The second-order valence-electron chi connectivity index (χ2n) is 8.50. The number of nitrogens with zero attached hydrogens (tertiary/aromatic N) is 4. The maximum atomic E-state index is 12.7. The molecular formula is C22H31N5O2. The van der Waals surface area contributed by atoms with Crippen LogP contribution in [-0.4, -0.2) is 38.4 Å². The highest BCUT2D eigenvalue weighted by molar-refractivity contribution is 5.74. The Labute approximate surface area is 171 Å². The minimum atomic E-state index is -0.0408. The lowest BCUT2D eigenvalue weighted by Gasteiger charge is -2.32. The number of piperidine rings is 1. The molecule has 0 bridgehead atoms. The number of benzene rings is 1. The Morgan fingerprint density at radius 3 is 2.59 bits per heavy atom. The summed E-state index contributed by atoms with van der Waals surface area (Å²) in [6.07, 6.45) is 6.33. The molecule has 1 aromatic carbocycles. The SMILES string of the molecule is Cc1ccc(CNC(=O)N2CCCC(c3nn(C)c(=O)n3C3CCCC3)C2)cc1. The van der Waals surface area contributed by atoms with Gasteiger partial charge in [-0.05, 0) is 38.2 Å². The molecule has 29 heavy (non-hydrogen) atoms. The van der Waals surface area contributed by atoms with Gasteiger partial charge in [0.05, 0.1) is 0 Å². The third-order valence-electron chi connectivity index (χ3n) is 6.31. The Hall–Kier alpha value is -2.57. The van der Waals surface area contributed by atoms with E-state index < -0.39 is 0 Å². The first kappa shape index (κ1) is 19.7. The highest BCUT2D eigenvalue weighted by atomic mass is 16.2. The second kappa shape index (κ2) is 8.43. The van der Waals surface area contributed by atoms with Gasteiger partial charge in [0, 0.05) is 38.6 Å². The number of aromatic nitrogens is 3. The van der Waals surface area contributed by atoms with E-state index in [1.807, 2.05) is 21.6 Å². The van der Waals surface area contributed by atoms with Gasteiger partial charge in [-0.1, -0.05) is 42.7 Å². The zero-order valence-electron chi connectivity index (χ0n) is 17.4. The summed E-state index contributed by atoms with van der Waals surface area (Å²) in [5.74, 6) is 0.976. The molecule has 4 rings (SSSR count). The van der Waals surface area contributed by atoms with Gasteiger partial charge in [-0.15, -0.1) is 0 Å². The van der Waals surface area contributed by atoms with E-state index in [4.69, 9.17) is 0 Å². The number of carbonyl (C=O) groups is 1. The molecule has 1 aromatic heterocycles. The van der Waals surface area contributed by atoms with Gasteiger partial charge in [0.25, 0.3) is 0 Å². The Morgan fingerprint density at radius 2 is 1.86 bits per heavy atom. The second-order valence-corrected chi connectivity index (χ2v) is 8.50. The predicted molar refractivity (Wildman–Crippen MR) is 112 cm³/mol. The standard InChI is InChI=1S/C22H31N5O2/c1-16-9-11-17(12-10-16)14-23-21(28)26-13-5-6-18(15-26)20-24-25(2)22(29)27(20)19-7-3-4-8-19/h9-12,18-19H,3-8,13-15H2,1-2H3,(H,23,28). The summed E-state index contributed by atoms with van der Waals surface area (Å²) in [4.78, 5) is 27.3. The van der Waals surface area contributed by atoms with Crippen LogP contribution in [0.25, 0.3) is 0 Å². The zero-order valence-corrected chi connectivity index (χ0v) is 17.4. The highest BCUT2D eigenvalue weighted by Crippen LogP contribution is 2.33. The number of amides is 2. The van der Waals surface area contributed by atoms with Gasteiger partial charge in [-0.25, -0.2) is 14.3 Å². The maximum Gasteiger partial charge on any atom is 0.345 e. The molecule has 1 saturated carbocycles. The number of nitrogens with one attached hydrogen (secondary N) is 1. The number of aryl methyl sites for hydroxylation is 2. The van der Waals surface area contributed by atoms with E-state index in [0.717, 1.165) is 43.6 Å². The van der Waals surface area contributed by atoms with Crippen molar-refractivity contribution in [3.8, 4) is 0 Å². The minimum Gasteiger partial charge on any atom is -0.334 e. The van der Waals surface area contributed by atoms with Crippen molar-refractivity contribution < 1.29 is 4.79 Å². The summed E-state index contributed by atoms with van der Waals surface area (Å²) < 4.78 is 3.38. The number of urea groups is 1. The van der Waals surface area contributed by atoms with Crippen LogP contribution in [0.3, 0.4) is 0 Å². The minimum absolute atomic E-state index is 0.0205. The first-order chi connectivity index (χ1) is 14.0. The summed E-state index contributed by atoms with van der Waals surface area (Å²) >= 11 is 0. The van der Waals surface area contributed by atoms with Crippen LogP contribution in [0.15, 0.2) is 29.1 Å². The Kier molecular flexibility index (Phi) is 5.74. The lowest BCUT2D eigenvalue weighted by Crippen LogP contribution is -2.45. The van der Waals surface area contributed by atoms with Crippen LogP contribution in [0.4, 0.5) is 4.79 Å². The smallest absolute Gasteiger partial charge is 0.334 e. The Morgan fingerprint density at radius 1 is 1.14 bits per heavy atom. The van der Waals surface area contributed by atoms with Crippen LogP contribution < -0.4 is 11.0 Å². The van der Waals surface area contributed by atoms with E-state index in [-0.39, 0.29) is 23.7 Å². The van der Waals surface area contributed by atoms with Crippen LogP contribution in [-0.2, 0) is 13.6 Å². The summed E-state index contributed by atoms with van der Waals surface area (Å²) in [6.45, 7) is 3.94. The molecule has 7 heteroatoms. The average Bonchev–Trinajstić information content (AvgIpc) is 3.36. The fourth-order valence-corrected chi connectivity index (χ4v) is 4.65. The van der Waals surface area contributed by atoms with Crippen molar-refractivity contribution in [1.29, 1.82) is 0 Å². The van der Waals surface area contributed by atoms with Gasteiger partial charge < -0.3 is 10.2 Å². The molecule has 2 aromatic rings. The third kappa shape index (κ3) is 4.23. The van der Waals surface area contributed by atoms with Gasteiger partial charge in [0.2, 0.25) is 0 Å². The van der Waals surface area contributed by atoms with Crippen molar-refractivity contribution in [2.45, 2.75) is 64.0 Å². The van der Waals surface area contributed by atoms with E-state index in [2.05, 4.69) is 29.5 Å². The van der Waals surface area contributed by atoms with Gasteiger partial charge in [0.1, 0.15) is 5.82 Å². The number of hydrogen-bond donors (Lipinski definition) is 1. The predicted octanol–water partition coefficient (Wildman–Crippen LogP) is 3.09. The van der Waals surface area contributed by atoms with Crippen molar-refractivity contribution in [2.24, 2.45) is 7.05 Å². The first-order valence-corrected chi connectivity index (χ1v) is 10.8. The van der Waals surface area contributed by atoms with Crippen LogP contribution in [0.1, 0.15) is 67.4 Å². The molecule has 2 amide bonds. The molecule has 1 aliphatic carbocycles. The zero-order chi connectivity index (χ0) is 20.4. The fourth-order valence-electron chi connectivity index (χ4n) is 4.65. The summed E-state index contributed by atoms with van der Waals surface area (Å²) in [5.41, 5.74) is 2.28. The Bertz CT molecular complexity index is 908. The van der Waals surface area contributed by atoms with Gasteiger partial charge in [-0.3, -0.25) is 4.57 Å². The van der Waals surface area contributed by atoms with E-state index in [9.17, 15) is 9.59 Å². The van der Waals surface area contributed by atoms with Gasteiger partial charge in [-0.2, -0.15) is 5.10 Å². The summed E-state index contributed by atoms with van der Waals surface area (Å²) in [6, 6.07) is 8.42. The van der Waals surface area contributed by atoms with Crippen molar-refractivity contribution >= 4 is 6.03 Å². The van der Waals surface area contributed by atoms with Crippen LogP contribution in [0.5, 0.6) is 0 Å². The summed E-state index contributed by atoms with van der Waals surface area (Å²) in [5, 5.41) is 7.62. The topological polar surface area (TPSA) is 72.2 Å². The van der Waals surface area contributed by atoms with Gasteiger partial charge in [0.15, 0.2) is 0 Å². The molecule has 1 N–H and O–H groups in total. The molecule has 2 heterocycles. The number of hydrogen-bond acceptors (Lipinski definition) is 3. The van der Waals surface area contributed by atoms with Crippen LogP contribution in [0, 0.1) is 6.92 Å². The number of likely N-dealkylation sites (tertiary alicyclic amines) is 1. The number of carbonyl (C=O) groups excluding carboxylic acids is 1. The first-order valence-electron chi connectivity index (χ1n) is 10.8. The molecule has 2 fully saturated rings. The lowest BCUT2D eigenvalue weighted by molar-refractivity contribution is 0.176. The molecule has 156 valence electrons. The summed E-state index contributed by atoms with van der Waals surface area (Å²) in [7, 11) is 1.73. The van der Waals surface area contributed by atoms with Crippen molar-refractivity contribution in [3.05, 3.63) is 51.7 Å². The van der Waals surface area contributed by atoms with E-state index in [1.54, 1.807) is 7.05 Å². The van der Waals surface area contributed by atoms with Crippen LogP contribution >= 0.6 is 0 Å². The van der Waals surface area contributed by atoms with E-state index >= 15 is 0 Å². The highest BCUT2D eigenvalue weighted by Gasteiger charge is 2.32. The molecule has 7 nitrogen and oxygen atoms in total. The fraction of sp³-hybridized carbons (Fsp3) is 0.591. The molecular weight excluding hydrogens is 366 g/mol. The Balaban J connectivity index is 1.44. The lowest BCUT2D eigenvalue weighted by atomic mass is 9.97. The van der Waals surface area contributed by atoms with Crippen molar-refractivity contribution in [1.82, 2.24) is 24.6 Å². The molecule has 1 atom stereocenters.